The maximum atomic E-state index is 11.6. The predicted octanol–water partition coefficient (Wildman–Crippen LogP) is 1.23. The summed E-state index contributed by atoms with van der Waals surface area (Å²) in [6.45, 7) is 1.77. The number of carbonyl (C=O) groups excluding carboxylic acids is 1. The Morgan fingerprint density at radius 2 is 2.44 bits per heavy atom. The fourth-order valence-electron chi connectivity index (χ4n) is 1.27. The van der Waals surface area contributed by atoms with Crippen LogP contribution in [0.5, 0.6) is 0 Å². The Morgan fingerprint density at radius 1 is 1.61 bits per heavy atom. The van der Waals surface area contributed by atoms with Crippen LogP contribution in [0.15, 0.2) is 22.1 Å². The summed E-state index contributed by atoms with van der Waals surface area (Å²) in [5, 5.41) is 14.8. The number of carbonyl (C=O) groups is 1. The zero-order valence-corrected chi connectivity index (χ0v) is 10.9. The van der Waals surface area contributed by atoms with Crippen LogP contribution in [-0.2, 0) is 11.8 Å². The molecule has 0 saturated carbocycles. The van der Waals surface area contributed by atoms with E-state index in [1.165, 1.54) is 11.8 Å². The Morgan fingerprint density at radius 3 is 3.06 bits per heavy atom. The molecule has 0 fully saturated rings. The van der Waals surface area contributed by atoms with Crippen molar-refractivity contribution in [3.8, 4) is 0 Å². The molecule has 8 heteroatoms. The van der Waals surface area contributed by atoms with Gasteiger partial charge in [-0.25, -0.2) is 0 Å². The predicted molar refractivity (Wildman–Crippen MR) is 66.2 cm³/mol. The van der Waals surface area contributed by atoms with Gasteiger partial charge in [0.15, 0.2) is 11.0 Å². The number of nitrogens with one attached hydrogen (secondary N) is 1. The average molecular weight is 267 g/mol. The molecular weight excluding hydrogens is 254 g/mol. The van der Waals surface area contributed by atoms with Gasteiger partial charge in [-0.3, -0.25) is 4.79 Å². The van der Waals surface area contributed by atoms with E-state index in [4.69, 9.17) is 4.52 Å². The van der Waals surface area contributed by atoms with Crippen molar-refractivity contribution in [2.24, 2.45) is 7.05 Å². The van der Waals surface area contributed by atoms with Gasteiger partial charge in [-0.1, -0.05) is 16.9 Å². The molecule has 0 atom stereocenters. The van der Waals surface area contributed by atoms with Crippen LogP contribution in [0.25, 0.3) is 0 Å². The summed E-state index contributed by atoms with van der Waals surface area (Å²) >= 11 is 1.48. The monoisotopic (exact) mass is 267 g/mol. The van der Waals surface area contributed by atoms with Crippen molar-refractivity contribution < 1.29 is 9.32 Å². The van der Waals surface area contributed by atoms with Crippen molar-refractivity contribution in [2.75, 3.05) is 11.1 Å². The first-order chi connectivity index (χ1) is 8.65. The lowest BCUT2D eigenvalue weighted by Crippen LogP contribution is -2.12. The van der Waals surface area contributed by atoms with E-state index in [9.17, 15) is 4.79 Å². The molecule has 2 aromatic heterocycles. The van der Waals surface area contributed by atoms with Crippen LogP contribution in [-0.4, -0.2) is 31.6 Å². The van der Waals surface area contributed by atoms with Crippen molar-refractivity contribution in [3.05, 3.63) is 18.2 Å². The molecule has 18 heavy (non-hydrogen) atoms. The molecule has 0 bridgehead atoms. The second-order valence-electron chi connectivity index (χ2n) is 3.69. The first kappa shape index (κ1) is 12.6. The van der Waals surface area contributed by atoms with Gasteiger partial charge in [0.25, 0.3) is 0 Å². The Bertz CT molecular complexity index is 536. The zero-order chi connectivity index (χ0) is 13.0. The summed E-state index contributed by atoms with van der Waals surface area (Å²) in [5.74, 6) is 1.65. The van der Waals surface area contributed by atoms with Crippen LogP contribution in [0.4, 0.5) is 5.82 Å². The number of rotatable bonds is 5. The molecule has 0 aliphatic rings. The molecule has 2 aromatic rings. The number of aromatic nitrogens is 4. The number of anilines is 1. The standard InChI is InChI=1S/C10H13N5O2S/c1-7-5-8(14-17-7)12-9(16)3-4-18-10-13-11-6-15(10)2/h5-6H,3-4H2,1-2H3,(H,12,14,16). The lowest BCUT2D eigenvalue weighted by Gasteiger charge is -2.01. The van der Waals surface area contributed by atoms with E-state index in [0.717, 1.165) is 5.16 Å². The Labute approximate surface area is 108 Å². The van der Waals surface area contributed by atoms with Gasteiger partial charge in [0.05, 0.1) is 0 Å². The van der Waals surface area contributed by atoms with Crippen LogP contribution in [0, 0.1) is 6.92 Å². The van der Waals surface area contributed by atoms with E-state index in [0.29, 0.717) is 23.8 Å². The van der Waals surface area contributed by atoms with Crippen molar-refractivity contribution in [2.45, 2.75) is 18.5 Å². The second kappa shape index (κ2) is 5.67. The highest BCUT2D eigenvalue weighted by Crippen LogP contribution is 2.15. The smallest absolute Gasteiger partial charge is 0.226 e. The van der Waals surface area contributed by atoms with Crippen molar-refractivity contribution in [1.29, 1.82) is 0 Å². The molecule has 1 amide bonds. The topological polar surface area (TPSA) is 85.8 Å². The first-order valence-corrected chi connectivity index (χ1v) is 6.33. The van der Waals surface area contributed by atoms with Crippen LogP contribution < -0.4 is 5.32 Å². The van der Waals surface area contributed by atoms with Crippen molar-refractivity contribution in [1.82, 2.24) is 19.9 Å². The number of amides is 1. The maximum absolute atomic E-state index is 11.6. The number of hydrogen-bond acceptors (Lipinski definition) is 6. The van der Waals surface area contributed by atoms with Crippen LogP contribution in [0.1, 0.15) is 12.2 Å². The molecule has 2 heterocycles. The quantitative estimate of drug-likeness (QED) is 0.820. The molecule has 7 nitrogen and oxygen atoms in total. The minimum Gasteiger partial charge on any atom is -0.360 e. The van der Waals surface area contributed by atoms with Crippen LogP contribution >= 0.6 is 11.8 Å². The number of hydrogen-bond donors (Lipinski definition) is 1. The van der Waals surface area contributed by atoms with Gasteiger partial charge in [0, 0.05) is 25.3 Å². The average Bonchev–Trinajstić information content (AvgIpc) is 2.89. The maximum Gasteiger partial charge on any atom is 0.226 e. The van der Waals surface area contributed by atoms with Gasteiger partial charge in [0.1, 0.15) is 12.1 Å². The second-order valence-corrected chi connectivity index (χ2v) is 4.76. The van der Waals surface area contributed by atoms with Crippen molar-refractivity contribution in [3.63, 3.8) is 0 Å². The van der Waals surface area contributed by atoms with Gasteiger partial charge in [-0.15, -0.1) is 10.2 Å². The Hall–Kier alpha value is -1.83. The molecule has 0 aromatic carbocycles. The van der Waals surface area contributed by atoms with Crippen molar-refractivity contribution >= 4 is 23.5 Å². The normalized spacial score (nSPS) is 10.6. The number of nitrogens with zero attached hydrogens (tertiary/aromatic N) is 4. The lowest BCUT2D eigenvalue weighted by molar-refractivity contribution is -0.115. The highest BCUT2D eigenvalue weighted by molar-refractivity contribution is 7.99. The molecule has 0 aliphatic heterocycles. The summed E-state index contributed by atoms with van der Waals surface area (Å²) in [6, 6.07) is 1.67. The van der Waals surface area contributed by atoms with Gasteiger partial charge in [0.2, 0.25) is 5.91 Å². The van der Waals surface area contributed by atoms with Gasteiger partial charge >= 0.3 is 0 Å². The van der Waals surface area contributed by atoms with Gasteiger partial charge in [-0.2, -0.15) is 0 Å². The third-order valence-electron chi connectivity index (χ3n) is 2.13. The van der Waals surface area contributed by atoms with E-state index < -0.39 is 0 Å². The zero-order valence-electron chi connectivity index (χ0n) is 10.1. The summed E-state index contributed by atoms with van der Waals surface area (Å²) in [7, 11) is 1.86. The molecule has 0 saturated heterocycles. The molecule has 0 aliphatic carbocycles. The Balaban J connectivity index is 1.74. The van der Waals surface area contributed by atoms with Gasteiger partial charge < -0.3 is 14.4 Å². The van der Waals surface area contributed by atoms with E-state index in [2.05, 4.69) is 20.7 Å². The largest absolute Gasteiger partial charge is 0.360 e. The molecular formula is C10H13N5O2S. The number of aryl methyl sites for hydroxylation is 2. The molecule has 0 unspecified atom stereocenters. The fourth-order valence-corrected chi connectivity index (χ4v) is 2.09. The third kappa shape index (κ3) is 3.33. The minimum absolute atomic E-state index is 0.0991. The highest BCUT2D eigenvalue weighted by Gasteiger charge is 2.07. The van der Waals surface area contributed by atoms with Gasteiger partial charge in [-0.05, 0) is 6.92 Å². The molecule has 0 radical (unpaired) electrons. The summed E-state index contributed by atoms with van der Waals surface area (Å²) in [5.41, 5.74) is 0. The lowest BCUT2D eigenvalue weighted by atomic mass is 10.4. The molecule has 96 valence electrons. The molecule has 2 rings (SSSR count). The van der Waals surface area contributed by atoms with Crippen LogP contribution in [0.2, 0.25) is 0 Å². The SMILES string of the molecule is Cc1cc(NC(=O)CCSc2nncn2C)no1. The van der Waals surface area contributed by atoms with E-state index in [1.54, 1.807) is 19.3 Å². The minimum atomic E-state index is -0.0991. The first-order valence-electron chi connectivity index (χ1n) is 5.35. The van der Waals surface area contributed by atoms with E-state index >= 15 is 0 Å². The Kier molecular flexibility index (Phi) is 3.98. The third-order valence-corrected chi connectivity index (χ3v) is 3.16. The summed E-state index contributed by atoms with van der Waals surface area (Å²) < 4.78 is 6.66. The van der Waals surface area contributed by atoms with E-state index in [1.807, 2.05) is 11.6 Å². The van der Waals surface area contributed by atoms with Crippen LogP contribution in [0.3, 0.4) is 0 Å². The highest BCUT2D eigenvalue weighted by atomic mass is 32.2. The fraction of sp³-hybridized carbons (Fsp3) is 0.400. The van der Waals surface area contributed by atoms with E-state index in [-0.39, 0.29) is 5.91 Å². The molecule has 0 spiro atoms. The summed E-state index contributed by atoms with van der Waals surface area (Å²) in [6.07, 6.45) is 2.00. The summed E-state index contributed by atoms with van der Waals surface area (Å²) in [4.78, 5) is 11.6. The molecule has 1 N–H and O–H groups in total. The number of thioether (sulfide) groups is 1.